The van der Waals surface area contributed by atoms with Crippen molar-refractivity contribution in [3.05, 3.63) is 121 Å². The van der Waals surface area contributed by atoms with Gasteiger partial charge in [0, 0.05) is 27.2 Å². The molecule has 10 heteroatoms. The SMILES string of the molecule is CCOc1cc(/C=N\NC(=O)c2ccc(-c3csc(Nc4ccc(Cl)cc4)n3)cc2)cc(I)c1OCc1ccc(C)cc1. The Hall–Kier alpha value is -3.93. The predicted octanol–water partition coefficient (Wildman–Crippen LogP) is 8.86. The highest BCUT2D eigenvalue weighted by Crippen LogP contribution is 2.34. The number of ether oxygens (including phenoxy) is 2. The second-order valence-electron chi connectivity index (χ2n) is 9.48. The first-order chi connectivity index (χ1) is 20.9. The molecule has 0 saturated carbocycles. The Kier molecular flexibility index (Phi) is 10.3. The average Bonchev–Trinajstić information content (AvgIpc) is 3.47. The van der Waals surface area contributed by atoms with Crippen molar-refractivity contribution in [2.45, 2.75) is 20.5 Å². The number of nitrogens with one attached hydrogen (secondary N) is 2. The van der Waals surface area contributed by atoms with Gasteiger partial charge in [-0.05, 0) is 96.1 Å². The van der Waals surface area contributed by atoms with E-state index in [9.17, 15) is 4.79 Å². The lowest BCUT2D eigenvalue weighted by Crippen LogP contribution is -2.17. The highest BCUT2D eigenvalue weighted by Gasteiger charge is 2.13. The van der Waals surface area contributed by atoms with E-state index in [1.54, 1.807) is 18.3 Å². The summed E-state index contributed by atoms with van der Waals surface area (Å²) >= 11 is 9.68. The van der Waals surface area contributed by atoms with Gasteiger partial charge in [-0.25, -0.2) is 10.4 Å². The van der Waals surface area contributed by atoms with E-state index >= 15 is 0 Å². The number of anilines is 2. The summed E-state index contributed by atoms with van der Waals surface area (Å²) in [5, 5.41) is 10.9. The zero-order valence-electron chi connectivity index (χ0n) is 23.4. The largest absolute Gasteiger partial charge is 0.490 e. The fourth-order valence-electron chi connectivity index (χ4n) is 4.05. The summed E-state index contributed by atoms with van der Waals surface area (Å²) in [6.07, 6.45) is 1.59. The van der Waals surface area contributed by atoms with Gasteiger partial charge in [0.25, 0.3) is 5.91 Å². The molecule has 2 N–H and O–H groups in total. The van der Waals surface area contributed by atoms with Crippen molar-refractivity contribution in [1.29, 1.82) is 0 Å². The number of hydrazone groups is 1. The van der Waals surface area contributed by atoms with E-state index in [1.807, 2.05) is 60.8 Å². The number of amides is 1. The molecule has 0 aliphatic heterocycles. The molecule has 0 unspecified atom stereocenters. The van der Waals surface area contributed by atoms with Crippen LogP contribution >= 0.6 is 45.5 Å². The summed E-state index contributed by atoms with van der Waals surface area (Å²) in [4.78, 5) is 17.4. The Bertz CT molecular complexity index is 1720. The molecule has 1 aromatic heterocycles. The third kappa shape index (κ3) is 8.34. The maximum Gasteiger partial charge on any atom is 0.271 e. The molecule has 4 aromatic carbocycles. The minimum Gasteiger partial charge on any atom is -0.490 e. The summed E-state index contributed by atoms with van der Waals surface area (Å²) in [6, 6.07) is 26.7. The lowest BCUT2D eigenvalue weighted by Gasteiger charge is -2.15. The van der Waals surface area contributed by atoms with E-state index < -0.39 is 0 Å². The average molecular weight is 723 g/mol. The molecule has 1 amide bonds. The molecule has 5 aromatic rings. The van der Waals surface area contributed by atoms with Crippen molar-refractivity contribution < 1.29 is 14.3 Å². The van der Waals surface area contributed by atoms with Gasteiger partial charge in [0.2, 0.25) is 0 Å². The van der Waals surface area contributed by atoms with Crippen molar-refractivity contribution in [2.75, 3.05) is 11.9 Å². The lowest BCUT2D eigenvalue weighted by molar-refractivity contribution is 0.0955. The zero-order chi connectivity index (χ0) is 30.2. The van der Waals surface area contributed by atoms with Crippen LogP contribution in [0.1, 0.15) is 34.0 Å². The summed E-state index contributed by atoms with van der Waals surface area (Å²) in [7, 11) is 0. The van der Waals surface area contributed by atoms with Crippen LogP contribution in [0.25, 0.3) is 11.3 Å². The molecule has 0 fully saturated rings. The van der Waals surface area contributed by atoms with Gasteiger partial charge in [-0.15, -0.1) is 11.3 Å². The maximum absolute atomic E-state index is 12.7. The molecular weight excluding hydrogens is 695 g/mol. The van der Waals surface area contributed by atoms with Crippen LogP contribution in [0.4, 0.5) is 10.8 Å². The van der Waals surface area contributed by atoms with Crippen LogP contribution in [-0.4, -0.2) is 23.7 Å². The van der Waals surface area contributed by atoms with E-state index in [1.165, 1.54) is 16.9 Å². The van der Waals surface area contributed by atoms with Crippen LogP contribution in [0.15, 0.2) is 95.4 Å². The molecule has 0 saturated heterocycles. The van der Waals surface area contributed by atoms with Crippen LogP contribution in [0.5, 0.6) is 11.5 Å². The molecule has 43 heavy (non-hydrogen) atoms. The van der Waals surface area contributed by atoms with Crippen molar-refractivity contribution >= 4 is 68.5 Å². The monoisotopic (exact) mass is 722 g/mol. The van der Waals surface area contributed by atoms with Crippen molar-refractivity contribution in [3.63, 3.8) is 0 Å². The zero-order valence-corrected chi connectivity index (χ0v) is 27.2. The highest BCUT2D eigenvalue weighted by molar-refractivity contribution is 14.1. The van der Waals surface area contributed by atoms with E-state index in [4.69, 9.17) is 21.1 Å². The second kappa shape index (κ2) is 14.5. The third-order valence-corrected chi connectivity index (χ3v) is 8.07. The second-order valence-corrected chi connectivity index (χ2v) is 11.9. The van der Waals surface area contributed by atoms with Gasteiger partial charge < -0.3 is 14.8 Å². The lowest BCUT2D eigenvalue weighted by atomic mass is 10.1. The Morgan fingerprint density at radius 3 is 2.49 bits per heavy atom. The normalized spacial score (nSPS) is 11.0. The standard InChI is InChI=1S/C33H28ClIN4O3S/c1-3-41-30-17-23(16-28(35)31(30)42-19-22-6-4-21(2)5-7-22)18-36-39-32(40)25-10-8-24(9-11-25)29-20-43-33(38-29)37-27-14-12-26(34)13-15-27/h4-18,20H,3,19H2,1-2H3,(H,37,38)(H,39,40)/b36-18-. The van der Waals surface area contributed by atoms with Crippen LogP contribution < -0.4 is 20.2 Å². The molecule has 1 heterocycles. The van der Waals surface area contributed by atoms with Crippen LogP contribution in [0.3, 0.4) is 0 Å². The molecular formula is C33H28ClIN4O3S. The fraction of sp³-hybridized carbons (Fsp3) is 0.121. The number of nitrogens with zero attached hydrogens (tertiary/aromatic N) is 2. The van der Waals surface area contributed by atoms with Gasteiger partial charge in [0.15, 0.2) is 16.6 Å². The van der Waals surface area contributed by atoms with Gasteiger partial charge in [-0.2, -0.15) is 5.10 Å². The van der Waals surface area contributed by atoms with Crippen LogP contribution in [0, 0.1) is 10.5 Å². The van der Waals surface area contributed by atoms with Gasteiger partial charge in [0.05, 0.1) is 22.1 Å². The van der Waals surface area contributed by atoms with Crippen molar-refractivity contribution in [2.24, 2.45) is 5.10 Å². The molecule has 0 radical (unpaired) electrons. The number of hydrogen-bond acceptors (Lipinski definition) is 7. The summed E-state index contributed by atoms with van der Waals surface area (Å²) in [5.41, 5.74) is 8.77. The number of hydrogen-bond donors (Lipinski definition) is 2. The quantitative estimate of drug-likeness (QED) is 0.0809. The third-order valence-electron chi connectivity index (χ3n) is 6.26. The number of carbonyl (C=O) groups excluding carboxylic acids is 1. The molecule has 0 spiro atoms. The van der Waals surface area contributed by atoms with Crippen LogP contribution in [0.2, 0.25) is 5.02 Å². The number of halogens is 2. The van der Waals surface area contributed by atoms with Gasteiger partial charge in [-0.3, -0.25) is 4.79 Å². The van der Waals surface area contributed by atoms with Crippen molar-refractivity contribution in [1.82, 2.24) is 10.4 Å². The highest BCUT2D eigenvalue weighted by atomic mass is 127. The molecule has 7 nitrogen and oxygen atoms in total. The molecule has 5 rings (SSSR count). The van der Waals surface area contributed by atoms with Crippen molar-refractivity contribution in [3.8, 4) is 22.8 Å². The number of rotatable bonds is 11. The maximum atomic E-state index is 12.7. The molecule has 0 bridgehead atoms. The van der Waals surface area contributed by atoms with E-state index in [-0.39, 0.29) is 5.91 Å². The topological polar surface area (TPSA) is 84.8 Å². The number of aryl methyl sites for hydroxylation is 1. The summed E-state index contributed by atoms with van der Waals surface area (Å²) in [5.74, 6) is 0.986. The molecule has 0 aliphatic carbocycles. The number of thiazole rings is 1. The van der Waals surface area contributed by atoms with Gasteiger partial charge in [0.1, 0.15) is 6.61 Å². The van der Waals surface area contributed by atoms with E-state index in [0.29, 0.717) is 35.3 Å². The summed E-state index contributed by atoms with van der Waals surface area (Å²) in [6.45, 7) is 4.91. The van der Waals surface area contributed by atoms with E-state index in [2.05, 4.69) is 74.6 Å². The smallest absolute Gasteiger partial charge is 0.271 e. The first-order valence-electron chi connectivity index (χ1n) is 13.4. The minimum atomic E-state index is -0.316. The Morgan fingerprint density at radius 1 is 1.02 bits per heavy atom. The predicted molar refractivity (Wildman–Crippen MR) is 183 cm³/mol. The van der Waals surface area contributed by atoms with Gasteiger partial charge in [-0.1, -0.05) is 53.6 Å². The molecule has 0 aliphatic rings. The molecule has 0 atom stereocenters. The Morgan fingerprint density at radius 2 is 1.77 bits per heavy atom. The van der Waals surface area contributed by atoms with Crippen LogP contribution in [-0.2, 0) is 6.61 Å². The number of benzene rings is 4. The van der Waals surface area contributed by atoms with E-state index in [0.717, 1.165) is 36.8 Å². The van der Waals surface area contributed by atoms with Gasteiger partial charge >= 0.3 is 0 Å². The molecule has 218 valence electrons. The Balaban J connectivity index is 1.19. The number of aromatic nitrogens is 1. The number of carbonyl (C=O) groups is 1. The Labute approximate surface area is 273 Å². The first-order valence-corrected chi connectivity index (χ1v) is 15.8. The fourth-order valence-corrected chi connectivity index (χ4v) is 5.70. The minimum absolute atomic E-state index is 0.316. The first kappa shape index (κ1) is 30.5. The summed E-state index contributed by atoms with van der Waals surface area (Å²) < 4.78 is 12.9.